The number of ether oxygens (including phenoxy) is 1. The first kappa shape index (κ1) is 17.4. The van der Waals surface area contributed by atoms with Crippen LogP contribution in [0.15, 0.2) is 23.2 Å². The van der Waals surface area contributed by atoms with Gasteiger partial charge in [0, 0.05) is 5.69 Å². The predicted molar refractivity (Wildman–Crippen MR) is 74.8 cm³/mol. The van der Waals surface area contributed by atoms with Gasteiger partial charge in [-0.3, -0.25) is 0 Å². The molecule has 0 amide bonds. The number of hydrogen-bond donors (Lipinski definition) is 3. The third-order valence-electron chi connectivity index (χ3n) is 2.59. The fourth-order valence-corrected chi connectivity index (χ4v) is 1.52. The van der Waals surface area contributed by atoms with E-state index in [4.69, 9.17) is 22.1 Å². The Kier molecular flexibility index (Phi) is 5.30. The summed E-state index contributed by atoms with van der Waals surface area (Å²) in [6.07, 6.45) is -4.79. The molecule has 0 aromatic heterocycles. The van der Waals surface area contributed by atoms with Gasteiger partial charge in [-0.05, 0) is 25.1 Å². The van der Waals surface area contributed by atoms with Crippen LogP contribution >= 0.6 is 11.6 Å². The second kappa shape index (κ2) is 6.40. The fourth-order valence-electron chi connectivity index (χ4n) is 1.26. The van der Waals surface area contributed by atoms with Crippen molar-refractivity contribution in [3.63, 3.8) is 0 Å². The SMILES string of the molecule is COc1ccc(NC(N)=NCC(C)(O)C(F)(F)F)cc1Cl. The first-order valence-corrected chi connectivity index (χ1v) is 6.14. The molecule has 1 atom stereocenters. The third kappa shape index (κ3) is 4.68. The molecule has 0 spiro atoms. The number of anilines is 1. The van der Waals surface area contributed by atoms with Crippen molar-refractivity contribution in [1.29, 1.82) is 0 Å². The van der Waals surface area contributed by atoms with Crippen molar-refractivity contribution in [3.8, 4) is 5.75 Å². The molecular formula is C12H15ClF3N3O2. The van der Waals surface area contributed by atoms with Crippen LogP contribution in [0.3, 0.4) is 0 Å². The third-order valence-corrected chi connectivity index (χ3v) is 2.89. The van der Waals surface area contributed by atoms with Crippen molar-refractivity contribution < 1.29 is 23.0 Å². The first-order valence-electron chi connectivity index (χ1n) is 5.76. The molecule has 9 heteroatoms. The fraction of sp³-hybridized carbons (Fsp3) is 0.417. The maximum atomic E-state index is 12.4. The Hall–Kier alpha value is -1.67. The molecule has 0 aliphatic heterocycles. The number of guanidine groups is 1. The van der Waals surface area contributed by atoms with Gasteiger partial charge in [-0.15, -0.1) is 0 Å². The van der Waals surface area contributed by atoms with E-state index in [1.165, 1.54) is 13.2 Å². The number of nitrogens with zero attached hydrogens (tertiary/aromatic N) is 1. The summed E-state index contributed by atoms with van der Waals surface area (Å²) < 4.78 is 42.3. The van der Waals surface area contributed by atoms with Gasteiger partial charge in [0.1, 0.15) is 5.75 Å². The van der Waals surface area contributed by atoms with Crippen LogP contribution in [0, 0.1) is 0 Å². The first-order chi connectivity index (χ1) is 9.56. The Morgan fingerprint density at radius 2 is 2.10 bits per heavy atom. The lowest BCUT2D eigenvalue weighted by atomic mass is 10.1. The molecule has 0 saturated carbocycles. The minimum Gasteiger partial charge on any atom is -0.495 e. The van der Waals surface area contributed by atoms with E-state index < -0.39 is 18.3 Å². The smallest absolute Gasteiger partial charge is 0.418 e. The number of aliphatic hydroxyl groups is 1. The van der Waals surface area contributed by atoms with Crippen molar-refractivity contribution in [2.24, 2.45) is 10.7 Å². The quantitative estimate of drug-likeness (QED) is 0.586. The van der Waals surface area contributed by atoms with Gasteiger partial charge >= 0.3 is 6.18 Å². The number of nitrogens with two attached hydrogens (primary N) is 1. The maximum Gasteiger partial charge on any atom is 0.418 e. The highest BCUT2D eigenvalue weighted by atomic mass is 35.5. The molecule has 0 fully saturated rings. The molecule has 0 radical (unpaired) electrons. The summed E-state index contributed by atoms with van der Waals surface area (Å²) in [6, 6.07) is 4.60. The summed E-state index contributed by atoms with van der Waals surface area (Å²) in [5, 5.41) is 12.1. The second-order valence-electron chi connectivity index (χ2n) is 4.45. The van der Waals surface area contributed by atoms with Crippen LogP contribution in [0.25, 0.3) is 0 Å². The molecule has 5 nitrogen and oxygen atoms in total. The Balaban J connectivity index is 2.75. The van der Waals surface area contributed by atoms with E-state index in [0.29, 0.717) is 23.4 Å². The normalized spacial score (nSPS) is 15.5. The Morgan fingerprint density at radius 3 is 2.57 bits per heavy atom. The van der Waals surface area contributed by atoms with Crippen LogP contribution in [-0.4, -0.2) is 36.5 Å². The van der Waals surface area contributed by atoms with Crippen LogP contribution in [0.1, 0.15) is 6.92 Å². The van der Waals surface area contributed by atoms with E-state index in [1.807, 2.05) is 0 Å². The van der Waals surface area contributed by atoms with E-state index in [0.717, 1.165) is 0 Å². The maximum absolute atomic E-state index is 12.4. The van der Waals surface area contributed by atoms with Gasteiger partial charge < -0.3 is 20.9 Å². The highest BCUT2D eigenvalue weighted by Gasteiger charge is 2.49. The summed E-state index contributed by atoms with van der Waals surface area (Å²) in [5.74, 6) is 0.165. The number of halogens is 4. The molecule has 0 aliphatic carbocycles. The van der Waals surface area contributed by atoms with E-state index in [-0.39, 0.29) is 5.96 Å². The van der Waals surface area contributed by atoms with Crippen LogP contribution in [-0.2, 0) is 0 Å². The van der Waals surface area contributed by atoms with Crippen molar-refractivity contribution in [2.45, 2.75) is 18.7 Å². The molecule has 0 saturated heterocycles. The summed E-state index contributed by atoms with van der Waals surface area (Å²) in [6.45, 7) is -0.298. The molecule has 0 heterocycles. The largest absolute Gasteiger partial charge is 0.495 e. The molecule has 1 aromatic rings. The molecule has 118 valence electrons. The van der Waals surface area contributed by atoms with E-state index in [2.05, 4.69) is 10.3 Å². The minimum atomic E-state index is -4.79. The van der Waals surface area contributed by atoms with Gasteiger partial charge in [0.05, 0.1) is 18.7 Å². The lowest BCUT2D eigenvalue weighted by Gasteiger charge is -2.24. The topological polar surface area (TPSA) is 79.9 Å². The summed E-state index contributed by atoms with van der Waals surface area (Å²) in [4.78, 5) is 3.47. The van der Waals surface area contributed by atoms with E-state index in [9.17, 15) is 18.3 Å². The molecular weight excluding hydrogens is 311 g/mol. The summed E-state index contributed by atoms with van der Waals surface area (Å²) in [7, 11) is 1.45. The van der Waals surface area contributed by atoms with Crippen molar-refractivity contribution in [1.82, 2.24) is 0 Å². The molecule has 21 heavy (non-hydrogen) atoms. The number of alkyl halides is 3. The zero-order valence-corrected chi connectivity index (χ0v) is 12.1. The zero-order valence-electron chi connectivity index (χ0n) is 11.3. The Bertz CT molecular complexity index is 533. The number of benzene rings is 1. The average molecular weight is 326 g/mol. The second-order valence-corrected chi connectivity index (χ2v) is 4.85. The van der Waals surface area contributed by atoms with Gasteiger partial charge in [-0.25, -0.2) is 4.99 Å². The van der Waals surface area contributed by atoms with E-state index in [1.54, 1.807) is 12.1 Å². The minimum absolute atomic E-state index is 0.277. The lowest BCUT2D eigenvalue weighted by molar-refractivity contribution is -0.248. The highest BCUT2D eigenvalue weighted by molar-refractivity contribution is 6.32. The number of hydrogen-bond acceptors (Lipinski definition) is 3. The van der Waals surface area contributed by atoms with Crippen LogP contribution < -0.4 is 15.8 Å². The highest BCUT2D eigenvalue weighted by Crippen LogP contribution is 2.30. The summed E-state index contributed by atoms with van der Waals surface area (Å²) >= 11 is 5.89. The molecule has 1 aromatic carbocycles. The molecule has 4 N–H and O–H groups in total. The number of methoxy groups -OCH3 is 1. The standard InChI is InChI=1S/C12H15ClF3N3O2/c1-11(20,12(14,15)16)6-18-10(17)19-7-3-4-9(21-2)8(13)5-7/h3-5,20H,6H2,1-2H3,(H3,17,18,19). The van der Waals surface area contributed by atoms with Gasteiger partial charge in [0.25, 0.3) is 0 Å². The monoisotopic (exact) mass is 325 g/mol. The Labute approximate surface area is 124 Å². The average Bonchev–Trinajstić information content (AvgIpc) is 2.35. The van der Waals surface area contributed by atoms with Crippen molar-refractivity contribution in [3.05, 3.63) is 23.2 Å². The van der Waals surface area contributed by atoms with Gasteiger partial charge in [-0.1, -0.05) is 11.6 Å². The zero-order chi connectivity index (χ0) is 16.3. The van der Waals surface area contributed by atoms with Crippen molar-refractivity contribution >= 4 is 23.2 Å². The summed E-state index contributed by atoms with van der Waals surface area (Å²) in [5.41, 5.74) is 2.94. The van der Waals surface area contributed by atoms with Crippen molar-refractivity contribution in [2.75, 3.05) is 19.0 Å². The Morgan fingerprint density at radius 1 is 1.48 bits per heavy atom. The number of aliphatic imine (C=N–C) groups is 1. The molecule has 0 bridgehead atoms. The van der Waals surface area contributed by atoms with Gasteiger partial charge in [0.2, 0.25) is 0 Å². The number of rotatable bonds is 4. The molecule has 0 aliphatic rings. The van der Waals surface area contributed by atoms with E-state index >= 15 is 0 Å². The molecule has 1 rings (SSSR count). The lowest BCUT2D eigenvalue weighted by Crippen LogP contribution is -2.45. The van der Waals surface area contributed by atoms with Crippen LogP contribution in [0.4, 0.5) is 18.9 Å². The van der Waals surface area contributed by atoms with Gasteiger partial charge in [-0.2, -0.15) is 13.2 Å². The van der Waals surface area contributed by atoms with Crippen LogP contribution in [0.2, 0.25) is 5.02 Å². The predicted octanol–water partition coefficient (Wildman–Crippen LogP) is 2.39. The van der Waals surface area contributed by atoms with Crippen LogP contribution in [0.5, 0.6) is 5.75 Å². The molecule has 1 unspecified atom stereocenters. The van der Waals surface area contributed by atoms with Gasteiger partial charge in [0.15, 0.2) is 11.6 Å². The number of nitrogens with one attached hydrogen (secondary N) is 1.